The van der Waals surface area contributed by atoms with Crippen molar-refractivity contribution in [2.45, 2.75) is 33.1 Å². The smallest absolute Gasteiger partial charge is 0.134 e. The van der Waals surface area contributed by atoms with Crippen molar-refractivity contribution in [1.82, 2.24) is 9.97 Å². The third-order valence-corrected chi connectivity index (χ3v) is 3.21. The van der Waals surface area contributed by atoms with Crippen molar-refractivity contribution in [3.05, 3.63) is 41.9 Å². The maximum Gasteiger partial charge on any atom is 0.134 e. The molecule has 0 aliphatic rings. The maximum absolute atomic E-state index is 5.59. The Labute approximate surface area is 126 Å². The summed E-state index contributed by atoms with van der Waals surface area (Å²) in [6.07, 6.45) is 1.86. The highest BCUT2D eigenvalue weighted by molar-refractivity contribution is 5.74. The van der Waals surface area contributed by atoms with E-state index in [0.29, 0.717) is 13.1 Å². The highest BCUT2D eigenvalue weighted by Gasteiger charge is 2.19. The Balaban J connectivity index is 2.52. The lowest BCUT2D eigenvalue weighted by Crippen LogP contribution is -2.18. The van der Waals surface area contributed by atoms with Crippen molar-refractivity contribution in [3.63, 3.8) is 0 Å². The van der Waals surface area contributed by atoms with Crippen molar-refractivity contribution >= 4 is 5.69 Å². The van der Waals surface area contributed by atoms with Crippen molar-refractivity contribution in [3.8, 4) is 11.3 Å². The predicted molar refractivity (Wildman–Crippen MR) is 88.4 cm³/mol. The lowest BCUT2D eigenvalue weighted by atomic mass is 9.95. The van der Waals surface area contributed by atoms with Gasteiger partial charge in [-0.1, -0.05) is 44.5 Å². The second kappa shape index (κ2) is 6.22. The third-order valence-electron chi connectivity index (χ3n) is 3.21. The molecule has 112 valence electrons. The number of nitrogens with one attached hydrogen (secondary N) is 1. The molecular formula is C17H24N4. The fourth-order valence-electron chi connectivity index (χ4n) is 2.09. The molecule has 2 rings (SSSR count). The molecular weight excluding hydrogens is 260 g/mol. The molecule has 1 aromatic heterocycles. The number of aromatic nitrogens is 2. The summed E-state index contributed by atoms with van der Waals surface area (Å²) in [7, 11) is 0. The fourth-order valence-corrected chi connectivity index (χ4v) is 2.09. The first kappa shape index (κ1) is 15.4. The fraction of sp³-hybridized carbons (Fsp3) is 0.412. The van der Waals surface area contributed by atoms with Crippen molar-refractivity contribution in [1.29, 1.82) is 0 Å². The summed E-state index contributed by atoms with van der Waals surface area (Å²) in [5.74, 6) is 0.845. The van der Waals surface area contributed by atoms with Gasteiger partial charge in [0.25, 0.3) is 0 Å². The van der Waals surface area contributed by atoms with Gasteiger partial charge >= 0.3 is 0 Å². The Bertz CT molecular complexity index is 614. The van der Waals surface area contributed by atoms with Crippen LogP contribution >= 0.6 is 0 Å². The average molecular weight is 284 g/mol. The predicted octanol–water partition coefficient (Wildman–Crippen LogP) is 3.12. The molecule has 0 saturated heterocycles. The number of rotatable bonds is 4. The molecule has 4 heteroatoms. The van der Waals surface area contributed by atoms with Gasteiger partial charge in [-0.2, -0.15) is 0 Å². The number of anilines is 1. The Kier molecular flexibility index (Phi) is 4.58. The zero-order valence-corrected chi connectivity index (χ0v) is 13.3. The van der Waals surface area contributed by atoms with Crippen LogP contribution in [-0.4, -0.2) is 23.1 Å². The molecule has 0 fully saturated rings. The van der Waals surface area contributed by atoms with Crippen LogP contribution < -0.4 is 11.1 Å². The Morgan fingerprint density at radius 3 is 2.62 bits per heavy atom. The molecule has 3 N–H and O–H groups in total. The largest absolute Gasteiger partial charge is 0.381 e. The Morgan fingerprint density at radius 1 is 1.24 bits per heavy atom. The highest BCUT2D eigenvalue weighted by atomic mass is 15.0. The maximum atomic E-state index is 5.59. The van der Waals surface area contributed by atoms with E-state index in [9.17, 15) is 0 Å². The van der Waals surface area contributed by atoms with Gasteiger partial charge in [-0.3, -0.25) is 0 Å². The van der Waals surface area contributed by atoms with Crippen molar-refractivity contribution in [2.75, 3.05) is 18.4 Å². The zero-order valence-electron chi connectivity index (χ0n) is 13.3. The summed E-state index contributed by atoms with van der Waals surface area (Å²) < 4.78 is 0. The second-order valence-corrected chi connectivity index (χ2v) is 6.29. The molecule has 0 amide bonds. The number of benzene rings is 1. The van der Waals surface area contributed by atoms with Gasteiger partial charge in [0.1, 0.15) is 5.82 Å². The quantitative estimate of drug-likeness (QED) is 0.905. The molecule has 4 nitrogen and oxygen atoms in total. The van der Waals surface area contributed by atoms with E-state index in [1.165, 1.54) is 5.56 Å². The highest BCUT2D eigenvalue weighted by Crippen LogP contribution is 2.29. The molecule has 0 saturated carbocycles. The van der Waals surface area contributed by atoms with Crippen LogP contribution in [0.3, 0.4) is 0 Å². The van der Waals surface area contributed by atoms with Crippen molar-refractivity contribution < 1.29 is 0 Å². The molecule has 21 heavy (non-hydrogen) atoms. The van der Waals surface area contributed by atoms with Gasteiger partial charge in [-0.05, 0) is 13.0 Å². The van der Waals surface area contributed by atoms with E-state index in [1.54, 1.807) is 0 Å². The Hall–Kier alpha value is -1.94. The van der Waals surface area contributed by atoms with Crippen LogP contribution in [0.5, 0.6) is 0 Å². The van der Waals surface area contributed by atoms with E-state index >= 15 is 0 Å². The molecule has 0 spiro atoms. The van der Waals surface area contributed by atoms with E-state index in [-0.39, 0.29) is 5.41 Å². The monoisotopic (exact) mass is 284 g/mol. The van der Waals surface area contributed by atoms with Crippen LogP contribution in [0.1, 0.15) is 32.2 Å². The lowest BCUT2D eigenvalue weighted by Gasteiger charge is -2.19. The molecule has 0 aliphatic heterocycles. The topological polar surface area (TPSA) is 63.8 Å². The standard InChI is InChI=1S/C17H24N4/c1-12-6-5-7-13(10-12)15-14(19-9-8-18)11-20-16(21-15)17(2,3)4/h5-7,10-11,19H,8-9,18H2,1-4H3. The average Bonchev–Trinajstić information content (AvgIpc) is 2.44. The SMILES string of the molecule is Cc1cccc(-c2nc(C(C)(C)C)ncc2NCCN)c1. The molecule has 0 unspecified atom stereocenters. The molecule has 0 atom stereocenters. The normalized spacial score (nSPS) is 11.5. The van der Waals surface area contributed by atoms with Gasteiger partial charge in [0.2, 0.25) is 0 Å². The minimum absolute atomic E-state index is 0.0784. The first-order chi connectivity index (χ1) is 9.91. The van der Waals surface area contributed by atoms with Crippen LogP contribution in [-0.2, 0) is 5.41 Å². The van der Waals surface area contributed by atoms with Gasteiger partial charge in [-0.25, -0.2) is 9.97 Å². The van der Waals surface area contributed by atoms with E-state index in [2.05, 4.69) is 62.3 Å². The summed E-state index contributed by atoms with van der Waals surface area (Å²) in [5, 5.41) is 3.31. The van der Waals surface area contributed by atoms with Crippen LogP contribution in [0, 0.1) is 6.92 Å². The van der Waals surface area contributed by atoms with Gasteiger partial charge in [0.15, 0.2) is 0 Å². The van der Waals surface area contributed by atoms with Crippen LogP contribution in [0.2, 0.25) is 0 Å². The van der Waals surface area contributed by atoms with E-state index < -0.39 is 0 Å². The zero-order chi connectivity index (χ0) is 15.5. The minimum atomic E-state index is -0.0784. The van der Waals surface area contributed by atoms with Crippen LogP contribution in [0.4, 0.5) is 5.69 Å². The molecule has 2 aromatic rings. The number of hydrogen-bond acceptors (Lipinski definition) is 4. The van der Waals surface area contributed by atoms with Gasteiger partial charge in [0.05, 0.1) is 17.6 Å². The van der Waals surface area contributed by atoms with Crippen LogP contribution in [0.15, 0.2) is 30.5 Å². The molecule has 0 radical (unpaired) electrons. The summed E-state index contributed by atoms with van der Waals surface area (Å²) in [6.45, 7) is 9.73. The first-order valence-corrected chi connectivity index (χ1v) is 7.30. The molecule has 0 aliphatic carbocycles. The van der Waals surface area contributed by atoms with Gasteiger partial charge in [0, 0.05) is 24.1 Å². The Morgan fingerprint density at radius 2 is 2.00 bits per heavy atom. The molecule has 0 bridgehead atoms. The van der Waals surface area contributed by atoms with E-state index in [1.807, 2.05) is 6.20 Å². The number of nitrogens with zero attached hydrogens (tertiary/aromatic N) is 2. The molecule has 1 aromatic carbocycles. The first-order valence-electron chi connectivity index (χ1n) is 7.30. The summed E-state index contributed by atoms with van der Waals surface area (Å²) in [6, 6.07) is 8.36. The van der Waals surface area contributed by atoms with Crippen LogP contribution in [0.25, 0.3) is 11.3 Å². The summed E-state index contributed by atoms with van der Waals surface area (Å²) >= 11 is 0. The number of aryl methyl sites for hydroxylation is 1. The number of hydrogen-bond donors (Lipinski definition) is 2. The second-order valence-electron chi connectivity index (χ2n) is 6.29. The summed E-state index contributed by atoms with van der Waals surface area (Å²) in [4.78, 5) is 9.29. The molecule has 1 heterocycles. The van der Waals surface area contributed by atoms with Crippen molar-refractivity contribution in [2.24, 2.45) is 5.73 Å². The number of nitrogens with two attached hydrogens (primary N) is 1. The van der Waals surface area contributed by atoms with Gasteiger partial charge < -0.3 is 11.1 Å². The van der Waals surface area contributed by atoms with E-state index in [0.717, 1.165) is 22.8 Å². The van der Waals surface area contributed by atoms with Gasteiger partial charge in [-0.15, -0.1) is 0 Å². The third kappa shape index (κ3) is 3.79. The van der Waals surface area contributed by atoms with E-state index in [4.69, 9.17) is 10.7 Å². The lowest BCUT2D eigenvalue weighted by molar-refractivity contribution is 0.546. The summed E-state index contributed by atoms with van der Waals surface area (Å²) in [5.41, 5.74) is 9.69. The minimum Gasteiger partial charge on any atom is -0.381 e.